The summed E-state index contributed by atoms with van der Waals surface area (Å²) in [7, 11) is 0. The minimum atomic E-state index is -0.181. The minimum Gasteiger partial charge on any atom is -0.324 e. The highest BCUT2D eigenvalue weighted by molar-refractivity contribution is 8.00. The molecule has 5 heteroatoms. The predicted molar refractivity (Wildman–Crippen MR) is 94.3 cm³/mol. The number of fused-ring (bicyclic) bond motifs is 1. The molecule has 0 unspecified atom stereocenters. The van der Waals surface area contributed by atoms with Gasteiger partial charge in [-0.25, -0.2) is 0 Å². The van der Waals surface area contributed by atoms with Crippen LogP contribution in [0, 0.1) is 13.8 Å². The fraction of sp³-hybridized carbons (Fsp3) is 0.222. The Labute approximate surface area is 139 Å². The molecule has 0 saturated carbocycles. The Bertz CT molecular complexity index is 802. The summed E-state index contributed by atoms with van der Waals surface area (Å²) in [5, 5.41) is 5.67. The van der Waals surface area contributed by atoms with E-state index < -0.39 is 0 Å². The number of aryl methyl sites for hydroxylation is 1. The summed E-state index contributed by atoms with van der Waals surface area (Å²) in [6, 6.07) is 11.2. The second-order valence-corrected chi connectivity index (χ2v) is 7.04. The van der Waals surface area contributed by atoms with Crippen LogP contribution < -0.4 is 10.6 Å². The molecule has 0 aromatic heterocycles. The average Bonchev–Trinajstić information content (AvgIpc) is 2.52. The molecule has 1 heterocycles. The Morgan fingerprint density at radius 1 is 1.22 bits per heavy atom. The summed E-state index contributed by atoms with van der Waals surface area (Å²) in [4.78, 5) is 25.2. The van der Waals surface area contributed by atoms with Crippen LogP contribution in [0.4, 0.5) is 11.4 Å². The fourth-order valence-corrected chi connectivity index (χ4v) is 3.36. The van der Waals surface area contributed by atoms with Crippen molar-refractivity contribution >= 4 is 35.0 Å². The molecule has 23 heavy (non-hydrogen) atoms. The van der Waals surface area contributed by atoms with Crippen LogP contribution in [0.25, 0.3) is 0 Å². The molecule has 0 saturated heterocycles. The molecule has 0 fully saturated rings. The van der Waals surface area contributed by atoms with Crippen molar-refractivity contribution in [1.82, 2.24) is 0 Å². The summed E-state index contributed by atoms with van der Waals surface area (Å²) in [5.74, 6) is -0.214. The van der Waals surface area contributed by atoms with E-state index in [1.165, 1.54) is 11.8 Å². The van der Waals surface area contributed by atoms with Crippen LogP contribution in [0.2, 0.25) is 0 Å². The fourth-order valence-electron chi connectivity index (χ4n) is 2.43. The van der Waals surface area contributed by atoms with Crippen LogP contribution in [0.15, 0.2) is 41.3 Å². The number of hydrogen-bond donors (Lipinski definition) is 2. The van der Waals surface area contributed by atoms with Gasteiger partial charge in [0, 0.05) is 16.1 Å². The van der Waals surface area contributed by atoms with Crippen LogP contribution in [-0.4, -0.2) is 17.1 Å². The molecule has 2 aromatic carbocycles. The van der Waals surface area contributed by atoms with Gasteiger partial charge >= 0.3 is 0 Å². The molecule has 0 aliphatic carbocycles. The van der Waals surface area contributed by atoms with Gasteiger partial charge in [-0.05, 0) is 56.2 Å². The minimum absolute atomic E-state index is 0.0328. The third-order valence-corrected chi connectivity index (χ3v) is 5.20. The third-order valence-electron chi connectivity index (χ3n) is 4.03. The van der Waals surface area contributed by atoms with Gasteiger partial charge in [0.2, 0.25) is 5.91 Å². The van der Waals surface area contributed by atoms with E-state index in [1.54, 1.807) is 12.1 Å². The number of amides is 2. The quantitative estimate of drug-likeness (QED) is 0.877. The van der Waals surface area contributed by atoms with Crippen LogP contribution >= 0.6 is 11.8 Å². The number of benzene rings is 2. The van der Waals surface area contributed by atoms with E-state index in [-0.39, 0.29) is 17.1 Å². The number of rotatable bonds is 2. The molecule has 1 aliphatic heterocycles. The summed E-state index contributed by atoms with van der Waals surface area (Å²) in [5.41, 5.74) is 4.22. The molecule has 2 aromatic rings. The van der Waals surface area contributed by atoms with Gasteiger partial charge in [0.05, 0.1) is 10.9 Å². The van der Waals surface area contributed by atoms with Gasteiger partial charge in [0.15, 0.2) is 0 Å². The molecule has 0 radical (unpaired) electrons. The van der Waals surface area contributed by atoms with Crippen molar-refractivity contribution < 1.29 is 9.59 Å². The Morgan fingerprint density at radius 3 is 2.78 bits per heavy atom. The van der Waals surface area contributed by atoms with Crippen LogP contribution in [0.5, 0.6) is 0 Å². The van der Waals surface area contributed by atoms with Gasteiger partial charge in [-0.2, -0.15) is 0 Å². The first kappa shape index (κ1) is 15.6. The average molecular weight is 326 g/mol. The smallest absolute Gasteiger partial charge is 0.255 e. The number of carbonyl (C=O) groups excluding carboxylic acids is 2. The Kier molecular flexibility index (Phi) is 4.13. The summed E-state index contributed by atoms with van der Waals surface area (Å²) < 4.78 is 0. The highest BCUT2D eigenvalue weighted by Crippen LogP contribution is 2.36. The zero-order valence-electron chi connectivity index (χ0n) is 13.3. The standard InChI is InChI=1S/C18H18N2O2S/c1-10-5-4-6-14(11(10)2)19-18(22)13-7-8-16-15(9-13)20-17(21)12(3)23-16/h4-9,12H,1-3H3,(H,19,22)(H,20,21)/t12-/m0/s1. The molecule has 0 bridgehead atoms. The Balaban J connectivity index is 1.85. The van der Waals surface area contributed by atoms with Crippen LogP contribution in [-0.2, 0) is 4.79 Å². The lowest BCUT2D eigenvalue weighted by Gasteiger charge is -2.21. The molecule has 2 N–H and O–H groups in total. The van der Waals surface area contributed by atoms with Crippen molar-refractivity contribution in [3.8, 4) is 0 Å². The van der Waals surface area contributed by atoms with E-state index in [9.17, 15) is 9.59 Å². The van der Waals surface area contributed by atoms with Crippen molar-refractivity contribution in [2.24, 2.45) is 0 Å². The van der Waals surface area contributed by atoms with Crippen molar-refractivity contribution in [3.05, 3.63) is 53.1 Å². The SMILES string of the molecule is Cc1cccc(NC(=O)c2ccc3c(c2)NC(=O)[C@H](C)S3)c1C. The third kappa shape index (κ3) is 3.10. The highest BCUT2D eigenvalue weighted by atomic mass is 32.2. The highest BCUT2D eigenvalue weighted by Gasteiger charge is 2.23. The van der Waals surface area contributed by atoms with E-state index in [1.807, 2.05) is 45.0 Å². The maximum absolute atomic E-state index is 12.5. The number of anilines is 2. The summed E-state index contributed by atoms with van der Waals surface area (Å²) in [6.45, 7) is 5.86. The van der Waals surface area contributed by atoms with Gasteiger partial charge in [0.25, 0.3) is 5.91 Å². The second-order valence-electron chi connectivity index (χ2n) is 5.66. The molecule has 2 amide bonds. The zero-order valence-corrected chi connectivity index (χ0v) is 14.1. The first-order chi connectivity index (χ1) is 11.0. The number of hydrogen-bond acceptors (Lipinski definition) is 3. The van der Waals surface area contributed by atoms with Crippen LogP contribution in [0.1, 0.15) is 28.4 Å². The molecule has 118 valence electrons. The van der Waals surface area contributed by atoms with Crippen LogP contribution in [0.3, 0.4) is 0 Å². The molecule has 1 aliphatic rings. The van der Waals surface area contributed by atoms with Gasteiger partial charge in [-0.3, -0.25) is 9.59 Å². The lowest BCUT2D eigenvalue weighted by Crippen LogP contribution is -2.26. The Morgan fingerprint density at radius 2 is 2.00 bits per heavy atom. The van der Waals surface area contributed by atoms with Crippen molar-refractivity contribution in [2.45, 2.75) is 30.9 Å². The molecule has 0 spiro atoms. The van der Waals surface area contributed by atoms with E-state index in [4.69, 9.17) is 0 Å². The van der Waals surface area contributed by atoms with Gasteiger partial charge in [-0.15, -0.1) is 11.8 Å². The lowest BCUT2D eigenvalue weighted by atomic mass is 10.1. The molecule has 3 rings (SSSR count). The van der Waals surface area contributed by atoms with Gasteiger partial charge < -0.3 is 10.6 Å². The number of thioether (sulfide) groups is 1. The first-order valence-electron chi connectivity index (χ1n) is 7.45. The normalized spacial score (nSPS) is 16.5. The predicted octanol–water partition coefficient (Wildman–Crippen LogP) is 3.99. The van der Waals surface area contributed by atoms with E-state index in [0.717, 1.165) is 21.7 Å². The maximum Gasteiger partial charge on any atom is 0.255 e. The Hall–Kier alpha value is -2.27. The van der Waals surface area contributed by atoms with Gasteiger partial charge in [-0.1, -0.05) is 12.1 Å². The molecular formula is C18H18N2O2S. The monoisotopic (exact) mass is 326 g/mol. The van der Waals surface area contributed by atoms with E-state index >= 15 is 0 Å². The first-order valence-corrected chi connectivity index (χ1v) is 8.33. The largest absolute Gasteiger partial charge is 0.324 e. The summed E-state index contributed by atoms with van der Waals surface area (Å²) >= 11 is 1.51. The van der Waals surface area contributed by atoms with E-state index in [0.29, 0.717) is 11.3 Å². The van der Waals surface area contributed by atoms with Gasteiger partial charge in [0.1, 0.15) is 0 Å². The van der Waals surface area contributed by atoms with Crippen molar-refractivity contribution in [1.29, 1.82) is 0 Å². The molecule has 1 atom stereocenters. The van der Waals surface area contributed by atoms with E-state index in [2.05, 4.69) is 10.6 Å². The number of nitrogens with one attached hydrogen (secondary N) is 2. The van der Waals surface area contributed by atoms with Crippen molar-refractivity contribution in [2.75, 3.05) is 10.6 Å². The number of carbonyl (C=O) groups is 2. The zero-order chi connectivity index (χ0) is 16.6. The molecular weight excluding hydrogens is 308 g/mol. The summed E-state index contributed by atoms with van der Waals surface area (Å²) in [6.07, 6.45) is 0. The second kappa shape index (κ2) is 6.08. The lowest BCUT2D eigenvalue weighted by molar-refractivity contribution is -0.115. The maximum atomic E-state index is 12.5. The molecule has 4 nitrogen and oxygen atoms in total. The van der Waals surface area contributed by atoms with Crippen molar-refractivity contribution in [3.63, 3.8) is 0 Å². The topological polar surface area (TPSA) is 58.2 Å².